The largest absolute Gasteiger partial charge is 0.444 e. The fourth-order valence-corrected chi connectivity index (χ4v) is 4.45. The molecular weight excluding hydrogens is 489 g/mol. The summed E-state index contributed by atoms with van der Waals surface area (Å²) in [4.78, 5) is 11.7. The van der Waals surface area contributed by atoms with Crippen molar-refractivity contribution in [3.05, 3.63) is 41.8 Å². The van der Waals surface area contributed by atoms with E-state index in [2.05, 4.69) is 44.6 Å². The molecule has 1 aliphatic carbocycles. The van der Waals surface area contributed by atoms with Crippen LogP contribution < -0.4 is 10.6 Å². The Hall–Kier alpha value is -1.61. The highest BCUT2D eigenvalue weighted by atomic mass is 127. The molecule has 1 aromatic carbocycles. The highest BCUT2D eigenvalue weighted by Crippen LogP contribution is 2.26. The van der Waals surface area contributed by atoms with E-state index in [1.54, 1.807) is 6.26 Å². The minimum atomic E-state index is 0. The molecule has 164 valence electrons. The first-order valence-electron chi connectivity index (χ1n) is 10.9. The number of likely N-dealkylation sites (tertiary alicyclic amines) is 1. The number of oxazole rings is 1. The van der Waals surface area contributed by atoms with E-state index in [4.69, 9.17) is 4.42 Å². The Morgan fingerprint density at radius 3 is 2.70 bits per heavy atom. The van der Waals surface area contributed by atoms with Gasteiger partial charge in [0.25, 0.3) is 0 Å². The van der Waals surface area contributed by atoms with E-state index < -0.39 is 0 Å². The van der Waals surface area contributed by atoms with E-state index >= 15 is 0 Å². The third-order valence-electron chi connectivity index (χ3n) is 6.15. The number of hydrogen-bond donors (Lipinski definition) is 2. The zero-order valence-electron chi connectivity index (χ0n) is 18.1. The van der Waals surface area contributed by atoms with Crippen molar-refractivity contribution in [3.8, 4) is 11.5 Å². The molecule has 1 unspecified atom stereocenters. The number of aliphatic imine (C=N–C) groups is 1. The first-order valence-corrected chi connectivity index (χ1v) is 10.9. The van der Waals surface area contributed by atoms with Crippen molar-refractivity contribution in [1.82, 2.24) is 20.5 Å². The smallest absolute Gasteiger partial charge is 0.226 e. The quantitative estimate of drug-likeness (QED) is 0.341. The van der Waals surface area contributed by atoms with Crippen molar-refractivity contribution < 1.29 is 4.42 Å². The average Bonchev–Trinajstić information content (AvgIpc) is 3.49. The van der Waals surface area contributed by atoms with Crippen LogP contribution in [0, 0.1) is 6.92 Å². The summed E-state index contributed by atoms with van der Waals surface area (Å²) in [5.41, 5.74) is 3.20. The van der Waals surface area contributed by atoms with E-state index in [0.717, 1.165) is 42.8 Å². The van der Waals surface area contributed by atoms with Crippen LogP contribution in [0.5, 0.6) is 0 Å². The molecule has 4 rings (SSSR count). The Morgan fingerprint density at radius 2 is 1.97 bits per heavy atom. The molecule has 1 saturated heterocycles. The summed E-state index contributed by atoms with van der Waals surface area (Å²) in [6, 6.07) is 9.55. The Kier molecular flexibility index (Phi) is 8.56. The van der Waals surface area contributed by atoms with Crippen molar-refractivity contribution in [2.75, 3.05) is 26.7 Å². The zero-order valence-corrected chi connectivity index (χ0v) is 20.4. The number of nitrogens with zero attached hydrogens (tertiary/aromatic N) is 3. The Bertz CT molecular complexity index is 813. The van der Waals surface area contributed by atoms with E-state index in [1.165, 1.54) is 44.2 Å². The van der Waals surface area contributed by atoms with Gasteiger partial charge in [-0.2, -0.15) is 0 Å². The number of nitrogens with one attached hydrogen (secondary N) is 2. The maximum Gasteiger partial charge on any atom is 0.226 e. The first-order chi connectivity index (χ1) is 14.2. The predicted octanol–water partition coefficient (Wildman–Crippen LogP) is 3.99. The van der Waals surface area contributed by atoms with Crippen molar-refractivity contribution in [1.29, 1.82) is 0 Å². The molecule has 2 aliphatic rings. The maximum atomic E-state index is 5.65. The van der Waals surface area contributed by atoms with Gasteiger partial charge < -0.3 is 15.1 Å². The second-order valence-corrected chi connectivity index (χ2v) is 8.32. The van der Waals surface area contributed by atoms with Crippen LogP contribution in [0.4, 0.5) is 0 Å². The van der Waals surface area contributed by atoms with Gasteiger partial charge in [0.2, 0.25) is 5.89 Å². The molecule has 1 saturated carbocycles. The second kappa shape index (κ2) is 11.1. The molecule has 1 aromatic heterocycles. The number of aromatic nitrogens is 1. The van der Waals surface area contributed by atoms with Crippen molar-refractivity contribution in [2.24, 2.45) is 4.99 Å². The van der Waals surface area contributed by atoms with Gasteiger partial charge in [-0.3, -0.25) is 9.89 Å². The number of benzene rings is 1. The van der Waals surface area contributed by atoms with Gasteiger partial charge >= 0.3 is 0 Å². The lowest BCUT2D eigenvalue weighted by Gasteiger charge is -2.24. The lowest BCUT2D eigenvalue weighted by molar-refractivity contribution is 0.242. The molecule has 2 fully saturated rings. The summed E-state index contributed by atoms with van der Waals surface area (Å²) in [7, 11) is 1.84. The van der Waals surface area contributed by atoms with Gasteiger partial charge in [0.05, 0.1) is 5.69 Å². The lowest BCUT2D eigenvalue weighted by Crippen LogP contribution is -2.45. The molecule has 1 atom stereocenters. The van der Waals surface area contributed by atoms with Crippen LogP contribution in [0.25, 0.3) is 11.5 Å². The monoisotopic (exact) mass is 523 g/mol. The highest BCUT2D eigenvalue weighted by Gasteiger charge is 2.30. The average molecular weight is 523 g/mol. The molecule has 30 heavy (non-hydrogen) atoms. The SMILES string of the molecule is CN=C(NCCc1coc(-c2ccc(C)cc2)n1)NC1CCN(C2CCCC2)C1.I. The summed E-state index contributed by atoms with van der Waals surface area (Å²) < 4.78 is 5.65. The number of guanidine groups is 1. The first kappa shape index (κ1) is 23.1. The normalized spacial score (nSPS) is 20.3. The molecule has 2 N–H and O–H groups in total. The van der Waals surface area contributed by atoms with Crippen LogP contribution in [0.2, 0.25) is 0 Å². The summed E-state index contributed by atoms with van der Waals surface area (Å²) in [5, 5.41) is 7.02. The van der Waals surface area contributed by atoms with Crippen LogP contribution in [0.15, 0.2) is 39.9 Å². The molecule has 1 aliphatic heterocycles. The van der Waals surface area contributed by atoms with Gasteiger partial charge in [-0.15, -0.1) is 24.0 Å². The number of rotatable bonds is 6. The van der Waals surface area contributed by atoms with E-state index in [1.807, 2.05) is 19.2 Å². The van der Waals surface area contributed by atoms with Crippen molar-refractivity contribution in [2.45, 2.75) is 57.5 Å². The van der Waals surface area contributed by atoms with E-state index in [9.17, 15) is 0 Å². The van der Waals surface area contributed by atoms with Gasteiger partial charge in [0.1, 0.15) is 6.26 Å². The maximum absolute atomic E-state index is 5.65. The fourth-order valence-electron chi connectivity index (χ4n) is 4.45. The van der Waals surface area contributed by atoms with E-state index in [0.29, 0.717) is 11.9 Å². The minimum absolute atomic E-state index is 0. The van der Waals surface area contributed by atoms with Gasteiger partial charge in [-0.1, -0.05) is 30.5 Å². The molecule has 0 amide bonds. The summed E-state index contributed by atoms with van der Waals surface area (Å²) in [5.74, 6) is 1.56. The molecule has 2 heterocycles. The summed E-state index contributed by atoms with van der Waals surface area (Å²) >= 11 is 0. The Balaban J connectivity index is 0.00000256. The zero-order chi connectivity index (χ0) is 20.1. The van der Waals surface area contributed by atoms with Crippen LogP contribution in [-0.2, 0) is 6.42 Å². The third-order valence-corrected chi connectivity index (χ3v) is 6.15. The lowest BCUT2D eigenvalue weighted by atomic mass is 10.1. The molecule has 7 heteroatoms. The minimum Gasteiger partial charge on any atom is -0.444 e. The van der Waals surface area contributed by atoms with Crippen LogP contribution in [0.1, 0.15) is 43.4 Å². The molecule has 0 spiro atoms. The highest BCUT2D eigenvalue weighted by molar-refractivity contribution is 14.0. The van der Waals surface area contributed by atoms with Crippen LogP contribution in [-0.4, -0.2) is 54.6 Å². The van der Waals surface area contributed by atoms with Gasteiger partial charge in [0.15, 0.2) is 5.96 Å². The topological polar surface area (TPSA) is 65.7 Å². The summed E-state index contributed by atoms with van der Waals surface area (Å²) in [6.07, 6.45) is 9.30. The fraction of sp³-hybridized carbons (Fsp3) is 0.565. The van der Waals surface area contributed by atoms with Crippen molar-refractivity contribution in [3.63, 3.8) is 0 Å². The van der Waals surface area contributed by atoms with Gasteiger partial charge in [-0.05, 0) is 38.3 Å². The van der Waals surface area contributed by atoms with Gasteiger partial charge in [-0.25, -0.2) is 4.98 Å². The molecular formula is C23H34IN5O. The summed E-state index contributed by atoms with van der Waals surface area (Å²) in [6.45, 7) is 5.20. The molecule has 0 bridgehead atoms. The molecule has 2 aromatic rings. The third kappa shape index (κ3) is 5.97. The number of halogens is 1. The number of aryl methyl sites for hydroxylation is 1. The Morgan fingerprint density at radius 1 is 1.20 bits per heavy atom. The van der Waals surface area contributed by atoms with Crippen molar-refractivity contribution >= 4 is 29.9 Å². The standard InChI is InChI=1S/C23H33N5O.HI/c1-17-7-9-18(10-8-17)22-26-20(16-29-22)11-13-25-23(24-2)27-19-12-14-28(15-19)21-5-3-4-6-21;/h7-10,16,19,21H,3-6,11-15H2,1-2H3,(H2,24,25,27);1H. The van der Waals surface area contributed by atoms with E-state index in [-0.39, 0.29) is 24.0 Å². The predicted molar refractivity (Wildman–Crippen MR) is 133 cm³/mol. The molecule has 6 nitrogen and oxygen atoms in total. The molecule has 0 radical (unpaired) electrons. The van der Waals surface area contributed by atoms with Gasteiger partial charge in [0, 0.05) is 50.7 Å². The Labute approximate surface area is 196 Å². The second-order valence-electron chi connectivity index (χ2n) is 8.32. The van der Waals surface area contributed by atoms with Crippen LogP contribution >= 0.6 is 24.0 Å². The number of hydrogen-bond acceptors (Lipinski definition) is 4. The van der Waals surface area contributed by atoms with Crippen LogP contribution in [0.3, 0.4) is 0 Å².